The Kier molecular flexibility index (Phi) is 5.27. The molecule has 0 aromatic heterocycles. The summed E-state index contributed by atoms with van der Waals surface area (Å²) in [6, 6.07) is 0.805. The Morgan fingerprint density at radius 1 is 1.05 bits per heavy atom. The number of rotatable bonds is 6. The van der Waals surface area contributed by atoms with Crippen LogP contribution >= 0.6 is 0 Å². The zero-order valence-corrected chi connectivity index (χ0v) is 14.2. The molecule has 0 aromatic carbocycles. The molecule has 21 heavy (non-hydrogen) atoms. The number of hydrogen-bond donors (Lipinski definition) is 1. The van der Waals surface area contributed by atoms with Gasteiger partial charge < -0.3 is 10.1 Å². The molecule has 3 aliphatic rings. The quantitative estimate of drug-likeness (QED) is 0.768. The predicted molar refractivity (Wildman–Crippen MR) is 88.5 cm³/mol. The fourth-order valence-corrected chi connectivity index (χ4v) is 4.32. The fourth-order valence-electron chi connectivity index (χ4n) is 4.32. The van der Waals surface area contributed by atoms with Crippen molar-refractivity contribution in [1.82, 2.24) is 5.32 Å². The summed E-state index contributed by atoms with van der Waals surface area (Å²) >= 11 is 0. The molecule has 2 heteroatoms. The van der Waals surface area contributed by atoms with E-state index in [0.29, 0.717) is 6.10 Å². The summed E-state index contributed by atoms with van der Waals surface area (Å²) in [5, 5.41) is 3.77. The summed E-state index contributed by atoms with van der Waals surface area (Å²) < 4.78 is 6.82. The number of nitrogens with one attached hydrogen (secondary N) is 1. The van der Waals surface area contributed by atoms with Crippen molar-refractivity contribution in [2.24, 2.45) is 11.8 Å². The van der Waals surface area contributed by atoms with Crippen molar-refractivity contribution < 1.29 is 4.74 Å². The van der Waals surface area contributed by atoms with E-state index in [4.69, 9.17) is 4.74 Å². The van der Waals surface area contributed by atoms with Gasteiger partial charge in [0.15, 0.2) is 0 Å². The third kappa shape index (κ3) is 4.45. The Labute approximate surface area is 131 Å². The van der Waals surface area contributed by atoms with Gasteiger partial charge in [-0.25, -0.2) is 0 Å². The SMILES string of the molecule is CCC1CCCC(OC2(CNC3CC3)CCC(C)CC2)C1. The summed E-state index contributed by atoms with van der Waals surface area (Å²) in [7, 11) is 0. The average molecular weight is 293 g/mol. The Morgan fingerprint density at radius 2 is 1.81 bits per heavy atom. The van der Waals surface area contributed by atoms with Crippen LogP contribution in [0.4, 0.5) is 0 Å². The Balaban J connectivity index is 1.57. The second-order valence-electron chi connectivity index (χ2n) is 8.20. The van der Waals surface area contributed by atoms with Gasteiger partial charge in [0, 0.05) is 12.6 Å². The Bertz CT molecular complexity index is 318. The standard InChI is InChI=1S/C19H35NO/c1-3-16-5-4-6-18(13-16)21-19(14-20-17-7-8-17)11-9-15(2)10-12-19/h15-18,20H,3-14H2,1-2H3. The molecule has 0 heterocycles. The van der Waals surface area contributed by atoms with Gasteiger partial charge in [-0.05, 0) is 63.2 Å². The highest BCUT2D eigenvalue weighted by Gasteiger charge is 2.39. The van der Waals surface area contributed by atoms with Crippen LogP contribution in [0, 0.1) is 11.8 Å². The normalized spacial score (nSPS) is 41.1. The van der Waals surface area contributed by atoms with Crippen LogP contribution in [0.1, 0.15) is 84.5 Å². The average Bonchev–Trinajstić information content (AvgIpc) is 3.33. The van der Waals surface area contributed by atoms with Crippen LogP contribution in [0.15, 0.2) is 0 Å². The highest BCUT2D eigenvalue weighted by atomic mass is 16.5. The molecule has 0 amide bonds. The van der Waals surface area contributed by atoms with Gasteiger partial charge in [-0.15, -0.1) is 0 Å². The van der Waals surface area contributed by atoms with Crippen molar-refractivity contribution in [1.29, 1.82) is 0 Å². The Morgan fingerprint density at radius 3 is 2.48 bits per heavy atom. The zero-order valence-electron chi connectivity index (χ0n) is 14.2. The van der Waals surface area contributed by atoms with Crippen molar-refractivity contribution >= 4 is 0 Å². The van der Waals surface area contributed by atoms with Gasteiger partial charge >= 0.3 is 0 Å². The highest BCUT2D eigenvalue weighted by Crippen LogP contribution is 2.39. The molecule has 0 aromatic rings. The molecule has 0 spiro atoms. The van der Waals surface area contributed by atoms with Gasteiger partial charge in [0.25, 0.3) is 0 Å². The lowest BCUT2D eigenvalue weighted by Gasteiger charge is -2.44. The van der Waals surface area contributed by atoms with Gasteiger partial charge in [-0.1, -0.05) is 33.1 Å². The molecular formula is C19H35NO. The lowest BCUT2D eigenvalue weighted by Crippen LogP contribution is -2.49. The summed E-state index contributed by atoms with van der Waals surface area (Å²) in [5.74, 6) is 1.82. The van der Waals surface area contributed by atoms with Crippen LogP contribution in [-0.2, 0) is 4.74 Å². The third-order valence-corrected chi connectivity index (χ3v) is 6.20. The van der Waals surface area contributed by atoms with Gasteiger partial charge in [-0.3, -0.25) is 0 Å². The van der Waals surface area contributed by atoms with E-state index < -0.39 is 0 Å². The van der Waals surface area contributed by atoms with Crippen LogP contribution in [0.5, 0.6) is 0 Å². The van der Waals surface area contributed by atoms with Crippen LogP contribution < -0.4 is 5.32 Å². The van der Waals surface area contributed by atoms with Crippen LogP contribution in [0.3, 0.4) is 0 Å². The van der Waals surface area contributed by atoms with Gasteiger partial charge in [0.05, 0.1) is 11.7 Å². The molecule has 2 atom stereocenters. The molecule has 3 aliphatic carbocycles. The van der Waals surface area contributed by atoms with Crippen molar-refractivity contribution in [3.63, 3.8) is 0 Å². The number of hydrogen-bond acceptors (Lipinski definition) is 2. The largest absolute Gasteiger partial charge is 0.370 e. The van der Waals surface area contributed by atoms with E-state index in [0.717, 1.165) is 24.4 Å². The van der Waals surface area contributed by atoms with Crippen molar-refractivity contribution in [2.45, 2.75) is 102 Å². The lowest BCUT2D eigenvalue weighted by molar-refractivity contribution is -0.132. The van der Waals surface area contributed by atoms with Crippen LogP contribution in [-0.4, -0.2) is 24.3 Å². The Hall–Kier alpha value is -0.0800. The van der Waals surface area contributed by atoms with Gasteiger partial charge in [0.1, 0.15) is 0 Å². The fraction of sp³-hybridized carbons (Fsp3) is 1.00. The smallest absolute Gasteiger partial charge is 0.0810 e. The third-order valence-electron chi connectivity index (χ3n) is 6.20. The minimum Gasteiger partial charge on any atom is -0.370 e. The minimum atomic E-state index is 0.162. The molecule has 0 saturated heterocycles. The van der Waals surface area contributed by atoms with E-state index in [1.165, 1.54) is 70.6 Å². The van der Waals surface area contributed by atoms with Crippen LogP contribution in [0.2, 0.25) is 0 Å². The first kappa shape index (κ1) is 15.8. The predicted octanol–water partition coefficient (Wildman–Crippen LogP) is 4.67. The molecule has 2 unspecified atom stereocenters. The molecule has 3 rings (SSSR count). The first-order valence-electron chi connectivity index (χ1n) is 9.60. The van der Waals surface area contributed by atoms with Crippen molar-refractivity contribution in [3.05, 3.63) is 0 Å². The first-order valence-corrected chi connectivity index (χ1v) is 9.60. The second-order valence-corrected chi connectivity index (χ2v) is 8.20. The maximum Gasteiger partial charge on any atom is 0.0810 e. The molecule has 0 bridgehead atoms. The lowest BCUT2D eigenvalue weighted by atomic mass is 9.78. The van der Waals surface area contributed by atoms with E-state index in [1.807, 2.05) is 0 Å². The molecule has 3 fully saturated rings. The molecule has 1 N–H and O–H groups in total. The molecular weight excluding hydrogens is 258 g/mol. The van der Waals surface area contributed by atoms with Crippen LogP contribution in [0.25, 0.3) is 0 Å². The highest BCUT2D eigenvalue weighted by molar-refractivity contribution is 4.93. The monoisotopic (exact) mass is 293 g/mol. The molecule has 122 valence electrons. The summed E-state index contributed by atoms with van der Waals surface area (Å²) in [6.45, 7) is 5.86. The van der Waals surface area contributed by atoms with Gasteiger partial charge in [-0.2, -0.15) is 0 Å². The van der Waals surface area contributed by atoms with Crippen molar-refractivity contribution in [3.8, 4) is 0 Å². The van der Waals surface area contributed by atoms with E-state index in [9.17, 15) is 0 Å². The van der Waals surface area contributed by atoms with E-state index >= 15 is 0 Å². The van der Waals surface area contributed by atoms with E-state index in [2.05, 4.69) is 19.2 Å². The molecule has 0 radical (unpaired) electrons. The topological polar surface area (TPSA) is 21.3 Å². The minimum absolute atomic E-state index is 0.162. The number of ether oxygens (including phenoxy) is 1. The molecule has 3 saturated carbocycles. The molecule has 2 nitrogen and oxygen atoms in total. The summed E-state index contributed by atoms with van der Waals surface area (Å²) in [5.41, 5.74) is 0.162. The first-order chi connectivity index (χ1) is 10.2. The summed E-state index contributed by atoms with van der Waals surface area (Å²) in [4.78, 5) is 0. The van der Waals surface area contributed by atoms with E-state index in [-0.39, 0.29) is 5.60 Å². The zero-order chi connectivity index (χ0) is 14.7. The maximum atomic E-state index is 6.82. The second kappa shape index (κ2) is 7.00. The van der Waals surface area contributed by atoms with Crippen molar-refractivity contribution in [2.75, 3.05) is 6.54 Å². The molecule has 0 aliphatic heterocycles. The van der Waals surface area contributed by atoms with Gasteiger partial charge in [0.2, 0.25) is 0 Å². The summed E-state index contributed by atoms with van der Waals surface area (Å²) in [6.07, 6.45) is 15.3. The van der Waals surface area contributed by atoms with E-state index in [1.54, 1.807) is 0 Å². The maximum absolute atomic E-state index is 6.82.